The fourth-order valence-electron chi connectivity index (χ4n) is 0.886. The molecule has 0 saturated carbocycles. The second kappa shape index (κ2) is 5.08. The van der Waals surface area contributed by atoms with Crippen LogP contribution in [0, 0.1) is 11.2 Å². The van der Waals surface area contributed by atoms with Gasteiger partial charge in [0.15, 0.2) is 0 Å². The Hall–Kier alpha value is 0.0700. The Kier molecular flexibility index (Phi) is 4.35. The Bertz CT molecular complexity index is 335. The van der Waals surface area contributed by atoms with E-state index in [-0.39, 0.29) is 5.56 Å². The third kappa shape index (κ3) is 2.76. The zero-order valence-corrected chi connectivity index (χ0v) is 10.3. The summed E-state index contributed by atoms with van der Waals surface area (Å²) >= 11 is 7.78. The van der Waals surface area contributed by atoms with Crippen molar-refractivity contribution in [1.29, 1.82) is 5.41 Å². The molecule has 0 aliphatic rings. The van der Waals surface area contributed by atoms with Crippen molar-refractivity contribution in [2.24, 2.45) is 0 Å². The van der Waals surface area contributed by atoms with Gasteiger partial charge < -0.3 is 10.5 Å². The highest BCUT2D eigenvalue weighted by Crippen LogP contribution is 2.29. The molecule has 1 unspecified atom stereocenters. The topological polar surface area (TPSA) is 35.9 Å². The summed E-state index contributed by atoms with van der Waals surface area (Å²) in [5, 5.41) is 10.3. The fourth-order valence-corrected chi connectivity index (χ4v) is 2.27. The molecule has 0 aliphatic carbocycles. The van der Waals surface area contributed by atoms with Crippen LogP contribution < -0.4 is 5.09 Å². The Morgan fingerprint density at radius 1 is 1.62 bits per heavy atom. The zero-order chi connectivity index (χ0) is 9.84. The van der Waals surface area contributed by atoms with Gasteiger partial charge in [-0.3, -0.25) is 0 Å². The molecule has 0 aliphatic heterocycles. The van der Waals surface area contributed by atoms with E-state index >= 15 is 0 Å². The van der Waals surface area contributed by atoms with Gasteiger partial charge in [0.05, 0.1) is 11.3 Å². The number of hydrogen-bond acceptors (Lipinski definition) is 2. The number of halogens is 3. The van der Waals surface area contributed by atoms with Crippen molar-refractivity contribution >= 4 is 51.9 Å². The zero-order valence-electron chi connectivity index (χ0n) is 6.37. The van der Waals surface area contributed by atoms with Crippen LogP contribution in [0.4, 0.5) is 10.1 Å². The van der Waals surface area contributed by atoms with Gasteiger partial charge >= 0.3 is 0 Å². The number of anilines is 1. The molecule has 6 heteroatoms. The van der Waals surface area contributed by atoms with Gasteiger partial charge in [0, 0.05) is 17.6 Å². The smallest absolute Gasteiger partial charge is 0.135 e. The van der Waals surface area contributed by atoms with E-state index in [9.17, 15) is 4.39 Å². The first-order chi connectivity index (χ1) is 6.19. The molecule has 0 fully saturated rings. The van der Waals surface area contributed by atoms with Gasteiger partial charge in [-0.25, -0.2) is 4.39 Å². The minimum atomic E-state index is -0.473. The van der Waals surface area contributed by atoms with E-state index in [2.05, 4.69) is 27.1 Å². The standard InChI is InChI=1S/C7H6ClFIN2P/c8-4-1-6(9)5(3-11)7(2-4)12-13-10/h1-3,11-13H. The van der Waals surface area contributed by atoms with E-state index in [1.807, 2.05) is 0 Å². The Morgan fingerprint density at radius 2 is 2.31 bits per heavy atom. The highest BCUT2D eigenvalue weighted by atomic mass is 127. The van der Waals surface area contributed by atoms with Crippen molar-refractivity contribution in [2.45, 2.75) is 0 Å². The van der Waals surface area contributed by atoms with E-state index in [0.717, 1.165) is 6.21 Å². The molecule has 1 aromatic carbocycles. The lowest BCUT2D eigenvalue weighted by Gasteiger charge is -2.07. The predicted octanol–water partition coefficient (Wildman–Crippen LogP) is 3.83. The van der Waals surface area contributed by atoms with Crippen LogP contribution in [-0.4, -0.2) is 6.21 Å². The van der Waals surface area contributed by atoms with Crippen molar-refractivity contribution < 1.29 is 4.39 Å². The molecule has 0 bridgehead atoms. The highest BCUT2D eigenvalue weighted by Gasteiger charge is 2.07. The van der Waals surface area contributed by atoms with Gasteiger partial charge in [-0.2, -0.15) is 0 Å². The van der Waals surface area contributed by atoms with Crippen molar-refractivity contribution in [3.05, 3.63) is 28.5 Å². The molecule has 0 radical (unpaired) electrons. The van der Waals surface area contributed by atoms with Crippen LogP contribution in [0.15, 0.2) is 12.1 Å². The van der Waals surface area contributed by atoms with E-state index < -0.39 is 5.82 Å². The van der Waals surface area contributed by atoms with Gasteiger partial charge in [-0.1, -0.05) is 11.6 Å². The van der Waals surface area contributed by atoms with E-state index in [4.69, 9.17) is 17.0 Å². The first-order valence-corrected chi connectivity index (χ1v) is 7.79. The highest BCUT2D eigenvalue weighted by molar-refractivity contribution is 14.2. The maximum Gasteiger partial charge on any atom is 0.135 e. The van der Waals surface area contributed by atoms with Crippen LogP contribution in [0.3, 0.4) is 0 Å². The summed E-state index contributed by atoms with van der Waals surface area (Å²) < 4.78 is 13.2. The van der Waals surface area contributed by atoms with Gasteiger partial charge in [0.25, 0.3) is 0 Å². The molecule has 1 atom stereocenters. The normalized spacial score (nSPS) is 10.7. The number of rotatable bonds is 3. The molecule has 2 nitrogen and oxygen atoms in total. The van der Waals surface area contributed by atoms with Crippen LogP contribution in [0.1, 0.15) is 5.56 Å². The third-order valence-corrected chi connectivity index (χ3v) is 2.81. The largest absolute Gasteiger partial charge is 0.358 e. The van der Waals surface area contributed by atoms with Gasteiger partial charge in [0.2, 0.25) is 0 Å². The number of nitrogens with one attached hydrogen (secondary N) is 2. The molecule has 1 rings (SSSR count). The minimum absolute atomic E-state index is 0.244. The molecule has 0 aromatic heterocycles. The lowest BCUT2D eigenvalue weighted by Crippen LogP contribution is -1.94. The first-order valence-electron chi connectivity index (χ1n) is 3.30. The van der Waals surface area contributed by atoms with Crippen molar-refractivity contribution in [3.8, 4) is 0 Å². The molecule has 70 valence electrons. The van der Waals surface area contributed by atoms with Crippen LogP contribution in [0.25, 0.3) is 0 Å². The second-order valence-corrected chi connectivity index (χ2v) is 4.71. The lowest BCUT2D eigenvalue weighted by molar-refractivity contribution is 0.626. The quantitative estimate of drug-likeness (QED) is 0.493. The van der Waals surface area contributed by atoms with Crippen LogP contribution in [0.5, 0.6) is 0 Å². The van der Waals surface area contributed by atoms with E-state index in [0.29, 0.717) is 17.1 Å². The van der Waals surface area contributed by atoms with Crippen molar-refractivity contribution in [3.63, 3.8) is 0 Å². The van der Waals surface area contributed by atoms with Crippen LogP contribution >= 0.6 is 40.0 Å². The molecule has 0 heterocycles. The van der Waals surface area contributed by atoms with E-state index in [1.54, 1.807) is 6.07 Å². The lowest BCUT2D eigenvalue weighted by atomic mass is 10.2. The molecular formula is C7H6ClFIN2P. The van der Waals surface area contributed by atoms with Crippen LogP contribution in [-0.2, 0) is 0 Å². The Labute approximate surface area is 95.1 Å². The molecule has 2 N–H and O–H groups in total. The monoisotopic (exact) mass is 330 g/mol. The van der Waals surface area contributed by atoms with E-state index in [1.165, 1.54) is 6.07 Å². The fraction of sp³-hybridized carbons (Fsp3) is 0. The molecule has 0 amide bonds. The molecule has 1 aromatic rings. The second-order valence-electron chi connectivity index (χ2n) is 2.21. The summed E-state index contributed by atoms with van der Waals surface area (Å²) in [6.45, 7) is 0. The first kappa shape index (κ1) is 11.1. The summed E-state index contributed by atoms with van der Waals surface area (Å²) in [7, 11) is 0. The number of benzene rings is 1. The maximum absolute atomic E-state index is 13.2. The van der Waals surface area contributed by atoms with Crippen molar-refractivity contribution in [1.82, 2.24) is 0 Å². The van der Waals surface area contributed by atoms with Crippen LogP contribution in [0.2, 0.25) is 5.02 Å². The molecular weight excluding hydrogens is 324 g/mol. The molecule has 13 heavy (non-hydrogen) atoms. The minimum Gasteiger partial charge on any atom is -0.358 e. The van der Waals surface area contributed by atoms with Gasteiger partial charge in [-0.15, -0.1) is 0 Å². The Morgan fingerprint density at radius 3 is 2.85 bits per heavy atom. The number of hydrogen-bond donors (Lipinski definition) is 2. The Balaban J connectivity index is 3.20. The summed E-state index contributed by atoms with van der Waals surface area (Å²) in [4.78, 5) is 0. The van der Waals surface area contributed by atoms with Gasteiger partial charge in [0.1, 0.15) is 5.82 Å². The average molecular weight is 330 g/mol. The summed E-state index contributed by atoms with van der Waals surface area (Å²) in [5.41, 5.74) is 0.807. The molecule has 0 saturated heterocycles. The molecule has 0 spiro atoms. The third-order valence-electron chi connectivity index (χ3n) is 1.42. The predicted molar refractivity (Wildman–Crippen MR) is 65.3 cm³/mol. The summed E-state index contributed by atoms with van der Waals surface area (Å²) in [5.74, 6) is -0.473. The van der Waals surface area contributed by atoms with Gasteiger partial charge in [-0.05, 0) is 34.2 Å². The maximum atomic E-state index is 13.2. The average Bonchev–Trinajstić information content (AvgIpc) is 2.04. The summed E-state index contributed by atoms with van der Waals surface area (Å²) in [6.07, 6.45) is 1.40. The van der Waals surface area contributed by atoms with Crippen molar-refractivity contribution in [2.75, 3.05) is 5.09 Å². The summed E-state index contributed by atoms with van der Waals surface area (Å²) in [6, 6.07) is 2.81. The SMILES string of the molecule is N=Cc1c(F)cc(Cl)cc1NPI.